The molecule has 0 bridgehead atoms. The molecule has 102 valence electrons. The van der Waals surface area contributed by atoms with E-state index in [1.807, 2.05) is 4.57 Å². The van der Waals surface area contributed by atoms with Gasteiger partial charge in [0.15, 0.2) is 11.6 Å². The molecule has 0 amide bonds. The van der Waals surface area contributed by atoms with Gasteiger partial charge in [0.25, 0.3) is 0 Å². The van der Waals surface area contributed by atoms with Crippen molar-refractivity contribution in [2.45, 2.75) is 27.0 Å². The van der Waals surface area contributed by atoms with Crippen LogP contribution in [0.15, 0.2) is 22.7 Å². The van der Waals surface area contributed by atoms with E-state index in [2.05, 4.69) is 40.0 Å². The number of aromatic nitrogens is 3. The average Bonchev–Trinajstić information content (AvgIpc) is 2.75. The first-order valence-corrected chi connectivity index (χ1v) is 6.80. The van der Waals surface area contributed by atoms with Crippen molar-refractivity contribution in [3.05, 3.63) is 34.3 Å². The molecular formula is C13H15BrFN3O. The van der Waals surface area contributed by atoms with E-state index < -0.39 is 0 Å². The average molecular weight is 328 g/mol. The fourth-order valence-corrected chi connectivity index (χ4v) is 2.24. The molecule has 1 N–H and O–H groups in total. The fourth-order valence-electron chi connectivity index (χ4n) is 1.86. The summed E-state index contributed by atoms with van der Waals surface area (Å²) in [5, 5.41) is 17.4. The maximum Gasteiger partial charge on any atom is 0.164 e. The Hall–Kier alpha value is -1.27. The Balaban J connectivity index is 2.48. The van der Waals surface area contributed by atoms with Gasteiger partial charge < -0.3 is 9.67 Å². The first-order chi connectivity index (χ1) is 9.02. The van der Waals surface area contributed by atoms with Gasteiger partial charge in [0.2, 0.25) is 0 Å². The summed E-state index contributed by atoms with van der Waals surface area (Å²) in [7, 11) is 0. The zero-order valence-corrected chi connectivity index (χ0v) is 12.4. The number of halogens is 2. The highest BCUT2D eigenvalue weighted by molar-refractivity contribution is 9.10. The monoisotopic (exact) mass is 327 g/mol. The fraction of sp³-hybridized carbons (Fsp3) is 0.385. The van der Waals surface area contributed by atoms with E-state index in [-0.39, 0.29) is 12.4 Å². The highest BCUT2D eigenvalue weighted by Gasteiger charge is 2.15. The Kier molecular flexibility index (Phi) is 4.31. The van der Waals surface area contributed by atoms with Crippen LogP contribution in [0.2, 0.25) is 0 Å². The zero-order valence-electron chi connectivity index (χ0n) is 10.8. The normalized spacial score (nSPS) is 11.3. The molecule has 0 aliphatic carbocycles. The molecule has 2 aromatic rings. The lowest BCUT2D eigenvalue weighted by Crippen LogP contribution is -2.10. The second-order valence-electron chi connectivity index (χ2n) is 4.73. The minimum atomic E-state index is -0.318. The van der Waals surface area contributed by atoms with Crippen LogP contribution >= 0.6 is 15.9 Å². The number of aliphatic hydroxyl groups excluding tert-OH is 1. The van der Waals surface area contributed by atoms with Gasteiger partial charge in [-0.1, -0.05) is 13.8 Å². The molecule has 0 saturated heterocycles. The van der Waals surface area contributed by atoms with Gasteiger partial charge in [-0.15, -0.1) is 10.2 Å². The third-order valence-corrected chi connectivity index (χ3v) is 3.30. The molecule has 1 aromatic carbocycles. The zero-order chi connectivity index (χ0) is 14.0. The van der Waals surface area contributed by atoms with Crippen molar-refractivity contribution in [1.82, 2.24) is 14.8 Å². The standard InChI is InChI=1S/C13H15BrFN3O/c1-8(2)6-18-12(7-19)16-17-13(18)9-3-4-11(15)10(14)5-9/h3-5,8,19H,6-7H2,1-2H3. The van der Waals surface area contributed by atoms with Gasteiger partial charge in [0, 0.05) is 12.1 Å². The molecule has 4 nitrogen and oxygen atoms in total. The van der Waals surface area contributed by atoms with E-state index >= 15 is 0 Å². The summed E-state index contributed by atoms with van der Waals surface area (Å²) in [6, 6.07) is 4.70. The predicted molar refractivity (Wildman–Crippen MR) is 73.9 cm³/mol. The minimum Gasteiger partial charge on any atom is -0.388 e. The topological polar surface area (TPSA) is 50.9 Å². The SMILES string of the molecule is CC(C)Cn1c(CO)nnc1-c1ccc(F)c(Br)c1. The van der Waals surface area contributed by atoms with E-state index in [0.717, 1.165) is 5.56 Å². The quantitative estimate of drug-likeness (QED) is 0.939. The van der Waals surface area contributed by atoms with Crippen molar-refractivity contribution < 1.29 is 9.50 Å². The molecule has 0 aliphatic heterocycles. The van der Waals surface area contributed by atoms with Crippen LogP contribution in [0.25, 0.3) is 11.4 Å². The molecule has 6 heteroatoms. The Labute approximate surface area is 119 Å². The molecular weight excluding hydrogens is 313 g/mol. The Morgan fingerprint density at radius 3 is 2.68 bits per heavy atom. The van der Waals surface area contributed by atoms with Crippen molar-refractivity contribution in [3.63, 3.8) is 0 Å². The van der Waals surface area contributed by atoms with Crippen LogP contribution in [0, 0.1) is 11.7 Å². The molecule has 0 saturated carbocycles. The molecule has 0 aliphatic rings. The number of hydrogen-bond acceptors (Lipinski definition) is 3. The Morgan fingerprint density at radius 1 is 1.37 bits per heavy atom. The summed E-state index contributed by atoms with van der Waals surface area (Å²) in [6.07, 6.45) is 0. The van der Waals surface area contributed by atoms with Crippen molar-refractivity contribution >= 4 is 15.9 Å². The smallest absolute Gasteiger partial charge is 0.164 e. The lowest BCUT2D eigenvalue weighted by molar-refractivity contribution is 0.262. The molecule has 0 radical (unpaired) electrons. The summed E-state index contributed by atoms with van der Waals surface area (Å²) in [5.74, 6) is 1.23. The number of benzene rings is 1. The third-order valence-electron chi connectivity index (χ3n) is 2.69. The summed E-state index contributed by atoms with van der Waals surface area (Å²) in [4.78, 5) is 0. The third kappa shape index (κ3) is 3.01. The van der Waals surface area contributed by atoms with Gasteiger partial charge in [0.05, 0.1) is 4.47 Å². The minimum absolute atomic E-state index is 0.165. The summed E-state index contributed by atoms with van der Waals surface area (Å²) >= 11 is 3.16. The molecule has 19 heavy (non-hydrogen) atoms. The second kappa shape index (κ2) is 5.79. The van der Waals surface area contributed by atoms with Gasteiger partial charge in [-0.05, 0) is 40.0 Å². The van der Waals surface area contributed by atoms with E-state index in [1.165, 1.54) is 6.07 Å². The van der Waals surface area contributed by atoms with Crippen LogP contribution in [0.1, 0.15) is 19.7 Å². The van der Waals surface area contributed by atoms with Gasteiger partial charge >= 0.3 is 0 Å². The summed E-state index contributed by atoms with van der Waals surface area (Å²) in [5.41, 5.74) is 0.765. The highest BCUT2D eigenvalue weighted by Crippen LogP contribution is 2.25. The number of aliphatic hydroxyl groups is 1. The highest BCUT2D eigenvalue weighted by atomic mass is 79.9. The lowest BCUT2D eigenvalue weighted by atomic mass is 10.2. The molecule has 0 unspecified atom stereocenters. The first-order valence-electron chi connectivity index (χ1n) is 6.01. The predicted octanol–water partition coefficient (Wildman–Crippen LogP) is 3.00. The van der Waals surface area contributed by atoms with Crippen molar-refractivity contribution in [2.24, 2.45) is 5.92 Å². The van der Waals surface area contributed by atoms with E-state index in [1.54, 1.807) is 12.1 Å². The number of hydrogen-bond donors (Lipinski definition) is 1. The van der Waals surface area contributed by atoms with Gasteiger partial charge in [-0.3, -0.25) is 0 Å². The Bertz CT molecular complexity index is 583. The molecule has 1 heterocycles. The second-order valence-corrected chi connectivity index (χ2v) is 5.59. The maximum absolute atomic E-state index is 13.3. The van der Waals surface area contributed by atoms with E-state index in [9.17, 15) is 9.50 Å². The largest absolute Gasteiger partial charge is 0.388 e. The van der Waals surface area contributed by atoms with Crippen molar-refractivity contribution in [2.75, 3.05) is 0 Å². The van der Waals surface area contributed by atoms with Crippen molar-refractivity contribution in [3.8, 4) is 11.4 Å². The molecule has 0 spiro atoms. The Morgan fingerprint density at radius 2 is 2.11 bits per heavy atom. The van der Waals surface area contributed by atoms with Crippen LogP contribution in [0.3, 0.4) is 0 Å². The van der Waals surface area contributed by atoms with E-state index in [4.69, 9.17) is 0 Å². The van der Waals surface area contributed by atoms with Crippen LogP contribution < -0.4 is 0 Å². The van der Waals surface area contributed by atoms with Gasteiger partial charge in [-0.25, -0.2) is 4.39 Å². The first kappa shape index (κ1) is 14.1. The van der Waals surface area contributed by atoms with Crippen molar-refractivity contribution in [1.29, 1.82) is 0 Å². The maximum atomic E-state index is 13.3. The number of nitrogens with zero attached hydrogens (tertiary/aromatic N) is 3. The lowest BCUT2D eigenvalue weighted by Gasteiger charge is -2.12. The number of rotatable bonds is 4. The summed E-state index contributed by atoms with van der Waals surface area (Å²) < 4.78 is 15.5. The molecule has 0 atom stereocenters. The van der Waals surface area contributed by atoms with Crippen LogP contribution in [-0.4, -0.2) is 19.9 Å². The summed E-state index contributed by atoms with van der Waals surface area (Å²) in [6.45, 7) is 4.69. The molecule has 0 fully saturated rings. The van der Waals surface area contributed by atoms with Gasteiger partial charge in [-0.2, -0.15) is 0 Å². The van der Waals surface area contributed by atoms with E-state index in [0.29, 0.717) is 28.6 Å². The molecule has 1 aromatic heterocycles. The van der Waals surface area contributed by atoms with Crippen LogP contribution in [-0.2, 0) is 13.2 Å². The van der Waals surface area contributed by atoms with Crippen LogP contribution in [0.4, 0.5) is 4.39 Å². The van der Waals surface area contributed by atoms with Crippen LogP contribution in [0.5, 0.6) is 0 Å². The van der Waals surface area contributed by atoms with Gasteiger partial charge in [0.1, 0.15) is 12.4 Å². The molecule has 2 rings (SSSR count).